The van der Waals surface area contributed by atoms with Gasteiger partial charge in [-0.25, -0.2) is 9.97 Å². The van der Waals surface area contributed by atoms with Crippen LogP contribution in [0.1, 0.15) is 19.3 Å². The lowest BCUT2D eigenvalue weighted by atomic mass is 9.89. The number of ether oxygens (including phenoxy) is 2. The highest BCUT2D eigenvalue weighted by molar-refractivity contribution is 7.16. The zero-order valence-corrected chi connectivity index (χ0v) is 12.0. The molecule has 6 heteroatoms. The van der Waals surface area contributed by atoms with Crippen LogP contribution >= 0.6 is 11.3 Å². The lowest BCUT2D eigenvalue weighted by Gasteiger charge is -2.32. The summed E-state index contributed by atoms with van der Waals surface area (Å²) in [6.45, 7) is 2.74. The van der Waals surface area contributed by atoms with Gasteiger partial charge >= 0.3 is 0 Å². The summed E-state index contributed by atoms with van der Waals surface area (Å²) in [6.07, 6.45) is 4.79. The Hall–Kier alpha value is -1.24. The Balaban J connectivity index is 1.51. The lowest BCUT2D eigenvalue weighted by Crippen LogP contribution is -2.41. The van der Waals surface area contributed by atoms with E-state index in [0.717, 1.165) is 42.6 Å². The molecular formula is C14H17N3O2S. The predicted molar refractivity (Wildman–Crippen MR) is 77.2 cm³/mol. The molecule has 2 fully saturated rings. The fraction of sp³-hybridized carbons (Fsp3) is 0.571. The number of hydrogen-bond donors (Lipinski definition) is 1. The van der Waals surface area contributed by atoms with Crippen molar-refractivity contribution in [3.8, 4) is 5.88 Å². The Kier molecular flexibility index (Phi) is 3.09. The van der Waals surface area contributed by atoms with E-state index in [-0.39, 0.29) is 11.7 Å². The number of fused-ring (bicyclic) bond motifs is 1. The third-order valence-corrected chi connectivity index (χ3v) is 5.01. The van der Waals surface area contributed by atoms with Gasteiger partial charge in [0.05, 0.1) is 17.6 Å². The van der Waals surface area contributed by atoms with Crippen molar-refractivity contribution in [1.82, 2.24) is 15.3 Å². The molecule has 1 N–H and O–H groups in total. The van der Waals surface area contributed by atoms with Crippen molar-refractivity contribution in [2.24, 2.45) is 0 Å². The van der Waals surface area contributed by atoms with Crippen LogP contribution in [0.2, 0.25) is 0 Å². The van der Waals surface area contributed by atoms with E-state index in [0.29, 0.717) is 12.5 Å². The molecule has 0 aliphatic carbocycles. The molecule has 1 atom stereocenters. The van der Waals surface area contributed by atoms with E-state index in [1.165, 1.54) is 0 Å². The van der Waals surface area contributed by atoms with Crippen LogP contribution in [0.25, 0.3) is 10.2 Å². The molecule has 2 aromatic heterocycles. The van der Waals surface area contributed by atoms with E-state index in [1.54, 1.807) is 17.7 Å². The number of thiophene rings is 1. The second-order valence-corrected chi connectivity index (χ2v) is 6.40. The minimum absolute atomic E-state index is 0.0245. The van der Waals surface area contributed by atoms with Crippen molar-refractivity contribution in [3.63, 3.8) is 0 Å². The Morgan fingerprint density at radius 1 is 1.35 bits per heavy atom. The van der Waals surface area contributed by atoms with Gasteiger partial charge in [-0.05, 0) is 37.4 Å². The van der Waals surface area contributed by atoms with Gasteiger partial charge in [0.25, 0.3) is 0 Å². The van der Waals surface area contributed by atoms with Crippen molar-refractivity contribution in [2.45, 2.75) is 31.0 Å². The molecule has 4 rings (SSSR count). The van der Waals surface area contributed by atoms with Crippen molar-refractivity contribution >= 4 is 21.6 Å². The summed E-state index contributed by atoms with van der Waals surface area (Å²) >= 11 is 1.61. The first-order valence-electron chi connectivity index (χ1n) is 7.04. The number of hydrogen-bond acceptors (Lipinski definition) is 6. The SMILES string of the molecule is c1nc(OC2COC3(CCNCC3)C2)c2ccsc2n1. The highest BCUT2D eigenvalue weighted by Gasteiger charge is 2.42. The second kappa shape index (κ2) is 4.95. The first-order chi connectivity index (χ1) is 9.85. The molecule has 20 heavy (non-hydrogen) atoms. The van der Waals surface area contributed by atoms with Gasteiger partial charge < -0.3 is 14.8 Å². The molecule has 5 nitrogen and oxygen atoms in total. The zero-order valence-electron chi connectivity index (χ0n) is 11.2. The first kappa shape index (κ1) is 12.5. The topological polar surface area (TPSA) is 56.3 Å². The monoisotopic (exact) mass is 291 g/mol. The maximum atomic E-state index is 6.08. The van der Waals surface area contributed by atoms with E-state index < -0.39 is 0 Å². The molecule has 0 bridgehead atoms. The highest BCUT2D eigenvalue weighted by atomic mass is 32.1. The smallest absolute Gasteiger partial charge is 0.225 e. The molecule has 4 heterocycles. The van der Waals surface area contributed by atoms with Crippen LogP contribution in [-0.4, -0.2) is 41.4 Å². The summed E-state index contributed by atoms with van der Waals surface area (Å²) < 4.78 is 12.1. The molecule has 1 unspecified atom stereocenters. The quantitative estimate of drug-likeness (QED) is 0.917. The van der Waals surface area contributed by atoms with Crippen LogP contribution < -0.4 is 10.1 Å². The fourth-order valence-electron chi connectivity index (χ4n) is 3.13. The van der Waals surface area contributed by atoms with Crippen molar-refractivity contribution in [1.29, 1.82) is 0 Å². The lowest BCUT2D eigenvalue weighted by molar-refractivity contribution is -0.0205. The average Bonchev–Trinajstić information content (AvgIpc) is 3.08. The van der Waals surface area contributed by atoms with Crippen molar-refractivity contribution in [3.05, 3.63) is 17.8 Å². The Morgan fingerprint density at radius 2 is 2.25 bits per heavy atom. The van der Waals surface area contributed by atoms with E-state index in [4.69, 9.17) is 9.47 Å². The maximum absolute atomic E-state index is 6.08. The first-order valence-corrected chi connectivity index (χ1v) is 7.92. The van der Waals surface area contributed by atoms with Crippen molar-refractivity contribution < 1.29 is 9.47 Å². The molecule has 2 aliphatic rings. The third-order valence-electron chi connectivity index (χ3n) is 4.19. The number of nitrogens with zero attached hydrogens (tertiary/aromatic N) is 2. The fourth-order valence-corrected chi connectivity index (χ4v) is 3.85. The van der Waals surface area contributed by atoms with E-state index in [9.17, 15) is 0 Å². The average molecular weight is 291 g/mol. The van der Waals surface area contributed by atoms with Crippen LogP contribution in [-0.2, 0) is 4.74 Å². The number of rotatable bonds is 2. The van der Waals surface area contributed by atoms with Gasteiger partial charge in [-0.2, -0.15) is 0 Å². The number of piperidine rings is 1. The van der Waals surface area contributed by atoms with Crippen LogP contribution in [0.5, 0.6) is 5.88 Å². The van der Waals surface area contributed by atoms with Gasteiger partial charge in [0, 0.05) is 6.42 Å². The molecule has 0 aromatic carbocycles. The van der Waals surface area contributed by atoms with E-state index in [1.807, 2.05) is 11.4 Å². The van der Waals surface area contributed by atoms with Crippen molar-refractivity contribution in [2.75, 3.05) is 19.7 Å². The van der Waals surface area contributed by atoms with Gasteiger partial charge in [0.15, 0.2) is 0 Å². The van der Waals surface area contributed by atoms with Crippen LogP contribution in [0, 0.1) is 0 Å². The number of aromatic nitrogens is 2. The Bertz CT molecular complexity index is 609. The van der Waals surface area contributed by atoms with E-state index >= 15 is 0 Å². The summed E-state index contributed by atoms with van der Waals surface area (Å²) in [5.41, 5.74) is 0.0245. The minimum Gasteiger partial charge on any atom is -0.471 e. The van der Waals surface area contributed by atoms with Gasteiger partial charge in [0.2, 0.25) is 5.88 Å². The summed E-state index contributed by atoms with van der Waals surface area (Å²) in [6, 6.07) is 2.02. The standard InChI is InChI=1S/C14H17N3O2S/c1-6-20-13-11(1)12(16-9-17-13)19-10-7-14(18-8-10)2-4-15-5-3-14/h1,6,9-10,15H,2-5,7-8H2. The third kappa shape index (κ3) is 2.17. The highest BCUT2D eigenvalue weighted by Crippen LogP contribution is 2.36. The Morgan fingerprint density at radius 3 is 3.15 bits per heavy atom. The van der Waals surface area contributed by atoms with Crippen LogP contribution in [0.15, 0.2) is 17.8 Å². The maximum Gasteiger partial charge on any atom is 0.225 e. The number of nitrogens with one attached hydrogen (secondary N) is 1. The molecule has 2 saturated heterocycles. The summed E-state index contributed by atoms with van der Waals surface area (Å²) in [5, 5.41) is 6.40. The normalized spacial score (nSPS) is 25.3. The van der Waals surface area contributed by atoms with E-state index in [2.05, 4.69) is 15.3 Å². The summed E-state index contributed by atoms with van der Waals surface area (Å²) in [5.74, 6) is 0.691. The second-order valence-electron chi connectivity index (χ2n) is 5.51. The molecule has 2 aliphatic heterocycles. The zero-order chi connectivity index (χ0) is 13.4. The molecule has 1 spiro atoms. The molecule has 106 valence electrons. The van der Waals surface area contributed by atoms with Crippen LogP contribution in [0.4, 0.5) is 0 Å². The largest absolute Gasteiger partial charge is 0.471 e. The molecule has 0 radical (unpaired) electrons. The van der Waals surface area contributed by atoms with Gasteiger partial charge in [0.1, 0.15) is 17.3 Å². The molecule has 0 saturated carbocycles. The van der Waals surface area contributed by atoms with Gasteiger partial charge in [-0.1, -0.05) is 0 Å². The molecule has 0 amide bonds. The molecule has 2 aromatic rings. The molecular weight excluding hydrogens is 274 g/mol. The summed E-state index contributed by atoms with van der Waals surface area (Å²) in [4.78, 5) is 9.51. The van der Waals surface area contributed by atoms with Gasteiger partial charge in [-0.15, -0.1) is 11.3 Å². The van der Waals surface area contributed by atoms with Gasteiger partial charge in [-0.3, -0.25) is 0 Å². The Labute approximate surface area is 121 Å². The van der Waals surface area contributed by atoms with Crippen LogP contribution in [0.3, 0.4) is 0 Å². The predicted octanol–water partition coefficient (Wildman–Crippen LogP) is 1.98. The minimum atomic E-state index is 0.0245. The summed E-state index contributed by atoms with van der Waals surface area (Å²) in [7, 11) is 0.